The number of nitrogens with one attached hydrogen (secondary N) is 1. The summed E-state index contributed by atoms with van der Waals surface area (Å²) in [4.78, 5) is 2.10. The van der Waals surface area contributed by atoms with Crippen molar-refractivity contribution < 1.29 is 0 Å². The number of halogens is 1. The topological polar surface area (TPSA) is 53.1 Å². The lowest BCUT2D eigenvalue weighted by atomic mass is 10.1. The van der Waals surface area contributed by atoms with Crippen LogP contribution in [-0.4, -0.2) is 12.9 Å². The van der Waals surface area contributed by atoms with Gasteiger partial charge in [-0.2, -0.15) is 0 Å². The maximum atomic E-state index is 7.45. The molecule has 0 aliphatic carbocycles. The lowest BCUT2D eigenvalue weighted by Crippen LogP contribution is -2.13. The summed E-state index contributed by atoms with van der Waals surface area (Å²) in [5.41, 5.74) is 9.59. The van der Waals surface area contributed by atoms with Crippen LogP contribution in [0.3, 0.4) is 0 Å². The van der Waals surface area contributed by atoms with Crippen LogP contribution < -0.4 is 10.6 Å². The lowest BCUT2D eigenvalue weighted by Gasteiger charge is -2.21. The molecule has 3 N–H and O–H groups in total. The number of aryl methyl sites for hydroxylation is 1. The van der Waals surface area contributed by atoms with Gasteiger partial charge < -0.3 is 10.6 Å². The molecule has 0 bridgehead atoms. The molecule has 0 heterocycles. The van der Waals surface area contributed by atoms with E-state index in [2.05, 4.69) is 46.0 Å². The molecule has 0 aliphatic heterocycles. The lowest BCUT2D eigenvalue weighted by molar-refractivity contribution is 1.19. The molecular weight excluding hydrogens is 302 g/mol. The van der Waals surface area contributed by atoms with Crippen molar-refractivity contribution in [3.05, 3.63) is 58.1 Å². The summed E-state index contributed by atoms with van der Waals surface area (Å²) in [5, 5.41) is 7.45. The van der Waals surface area contributed by atoms with Crippen LogP contribution in [0.5, 0.6) is 0 Å². The Morgan fingerprint density at radius 1 is 1.21 bits per heavy atom. The van der Waals surface area contributed by atoms with Crippen LogP contribution >= 0.6 is 15.9 Å². The molecule has 0 saturated heterocycles. The number of benzene rings is 2. The molecule has 0 fully saturated rings. The van der Waals surface area contributed by atoms with Crippen molar-refractivity contribution in [1.29, 1.82) is 5.41 Å². The molecule has 0 aromatic heterocycles. The van der Waals surface area contributed by atoms with Gasteiger partial charge in [0.15, 0.2) is 0 Å². The Kier molecular flexibility index (Phi) is 3.90. The van der Waals surface area contributed by atoms with Crippen molar-refractivity contribution in [2.75, 3.05) is 11.9 Å². The molecule has 0 radical (unpaired) electrons. The quantitative estimate of drug-likeness (QED) is 0.668. The SMILES string of the molecule is Cc1cccc(N(C)c2ccc(C(=N)N)cc2Br)c1. The number of hydrogen-bond acceptors (Lipinski definition) is 2. The van der Waals surface area contributed by atoms with Gasteiger partial charge in [-0.1, -0.05) is 12.1 Å². The molecule has 0 aliphatic rings. The maximum Gasteiger partial charge on any atom is 0.122 e. The molecule has 0 amide bonds. The minimum absolute atomic E-state index is 0.0745. The second-order valence-corrected chi connectivity index (χ2v) is 5.33. The highest BCUT2D eigenvalue weighted by atomic mass is 79.9. The smallest absolute Gasteiger partial charge is 0.122 e. The molecule has 2 aromatic carbocycles. The standard InChI is InChI=1S/C15H16BrN3/c1-10-4-3-5-12(8-10)19(2)14-7-6-11(15(17)18)9-13(14)16/h3-9H,1-2H3,(H3,17,18). The monoisotopic (exact) mass is 317 g/mol. The molecule has 19 heavy (non-hydrogen) atoms. The molecule has 2 rings (SSSR count). The van der Waals surface area contributed by atoms with Gasteiger partial charge in [0, 0.05) is 22.8 Å². The van der Waals surface area contributed by atoms with E-state index in [1.165, 1.54) is 5.56 Å². The van der Waals surface area contributed by atoms with Gasteiger partial charge in [-0.05, 0) is 58.7 Å². The van der Waals surface area contributed by atoms with Crippen LogP contribution in [0.15, 0.2) is 46.9 Å². The van der Waals surface area contributed by atoms with Gasteiger partial charge in [-0.25, -0.2) is 0 Å². The predicted molar refractivity (Wildman–Crippen MR) is 84.4 cm³/mol. The summed E-state index contributed by atoms with van der Waals surface area (Å²) in [6.45, 7) is 2.07. The summed E-state index contributed by atoms with van der Waals surface area (Å²) in [6, 6.07) is 14.0. The summed E-state index contributed by atoms with van der Waals surface area (Å²) in [7, 11) is 2.02. The van der Waals surface area contributed by atoms with E-state index in [-0.39, 0.29) is 5.84 Å². The van der Waals surface area contributed by atoms with E-state index in [0.29, 0.717) is 5.56 Å². The second-order valence-electron chi connectivity index (χ2n) is 4.48. The average Bonchev–Trinajstić information content (AvgIpc) is 2.37. The third-order valence-corrected chi connectivity index (χ3v) is 3.64. The molecule has 0 saturated carbocycles. The van der Waals surface area contributed by atoms with Crippen LogP contribution in [0.1, 0.15) is 11.1 Å². The van der Waals surface area contributed by atoms with Crippen molar-refractivity contribution >= 4 is 33.1 Å². The fourth-order valence-electron chi connectivity index (χ4n) is 1.92. The third kappa shape index (κ3) is 2.96. The van der Waals surface area contributed by atoms with Crippen molar-refractivity contribution in [3.8, 4) is 0 Å². The number of hydrogen-bond donors (Lipinski definition) is 2. The van der Waals surface area contributed by atoms with Crippen molar-refractivity contribution in [1.82, 2.24) is 0 Å². The molecule has 2 aromatic rings. The molecule has 3 nitrogen and oxygen atoms in total. The minimum Gasteiger partial charge on any atom is -0.384 e. The van der Waals surface area contributed by atoms with Gasteiger partial charge >= 0.3 is 0 Å². The second kappa shape index (κ2) is 5.45. The first-order valence-corrected chi connectivity index (χ1v) is 6.72. The Morgan fingerprint density at radius 3 is 2.53 bits per heavy atom. The number of rotatable bonds is 3. The van der Waals surface area contributed by atoms with Gasteiger partial charge in [0.25, 0.3) is 0 Å². The number of nitrogen functional groups attached to an aromatic ring is 1. The van der Waals surface area contributed by atoms with Crippen LogP contribution in [0.4, 0.5) is 11.4 Å². The zero-order chi connectivity index (χ0) is 14.0. The first-order valence-electron chi connectivity index (χ1n) is 5.93. The zero-order valence-electron chi connectivity index (χ0n) is 10.9. The van der Waals surface area contributed by atoms with Crippen LogP contribution in [0, 0.1) is 12.3 Å². The number of nitrogens with two attached hydrogens (primary N) is 1. The summed E-state index contributed by atoms with van der Waals surface area (Å²) < 4.78 is 0.921. The Morgan fingerprint density at radius 2 is 1.95 bits per heavy atom. The van der Waals surface area contributed by atoms with Gasteiger partial charge in [0.2, 0.25) is 0 Å². The number of nitrogens with zero attached hydrogens (tertiary/aromatic N) is 1. The fraction of sp³-hybridized carbons (Fsp3) is 0.133. The number of amidine groups is 1. The average molecular weight is 318 g/mol. The molecular formula is C15H16BrN3. The molecule has 0 spiro atoms. The highest BCUT2D eigenvalue weighted by Crippen LogP contribution is 2.31. The normalized spacial score (nSPS) is 10.3. The first-order chi connectivity index (χ1) is 8.99. The van der Waals surface area contributed by atoms with E-state index in [1.54, 1.807) is 0 Å². The van der Waals surface area contributed by atoms with E-state index in [9.17, 15) is 0 Å². The Balaban J connectivity index is 2.39. The highest BCUT2D eigenvalue weighted by molar-refractivity contribution is 9.10. The molecule has 4 heteroatoms. The Hall–Kier alpha value is -1.81. The third-order valence-electron chi connectivity index (χ3n) is 3.01. The first kappa shape index (κ1) is 13.6. The van der Waals surface area contributed by atoms with Crippen LogP contribution in [-0.2, 0) is 0 Å². The van der Waals surface area contributed by atoms with E-state index >= 15 is 0 Å². The highest BCUT2D eigenvalue weighted by Gasteiger charge is 2.09. The summed E-state index contributed by atoms with van der Waals surface area (Å²) >= 11 is 3.54. The van der Waals surface area contributed by atoms with E-state index in [0.717, 1.165) is 15.8 Å². The van der Waals surface area contributed by atoms with Gasteiger partial charge in [-0.3, -0.25) is 5.41 Å². The fourth-order valence-corrected chi connectivity index (χ4v) is 2.57. The van der Waals surface area contributed by atoms with E-state index in [1.807, 2.05) is 31.3 Å². The molecule has 0 unspecified atom stereocenters. The summed E-state index contributed by atoms with van der Waals surface area (Å²) in [6.07, 6.45) is 0. The van der Waals surface area contributed by atoms with Crippen molar-refractivity contribution in [2.24, 2.45) is 5.73 Å². The van der Waals surface area contributed by atoms with E-state index in [4.69, 9.17) is 11.1 Å². The maximum absolute atomic E-state index is 7.45. The minimum atomic E-state index is 0.0745. The molecule has 0 atom stereocenters. The Bertz CT molecular complexity index is 623. The predicted octanol–water partition coefficient (Wildman–Crippen LogP) is 3.81. The summed E-state index contributed by atoms with van der Waals surface area (Å²) in [5.74, 6) is 0.0745. The van der Waals surface area contributed by atoms with Gasteiger partial charge in [0.1, 0.15) is 5.84 Å². The van der Waals surface area contributed by atoms with Crippen molar-refractivity contribution in [2.45, 2.75) is 6.92 Å². The largest absolute Gasteiger partial charge is 0.384 e. The van der Waals surface area contributed by atoms with Crippen molar-refractivity contribution in [3.63, 3.8) is 0 Å². The van der Waals surface area contributed by atoms with Crippen LogP contribution in [0.25, 0.3) is 0 Å². The van der Waals surface area contributed by atoms with Crippen LogP contribution in [0.2, 0.25) is 0 Å². The number of anilines is 2. The van der Waals surface area contributed by atoms with E-state index < -0.39 is 0 Å². The molecule has 98 valence electrons. The van der Waals surface area contributed by atoms with Gasteiger partial charge in [0.05, 0.1) is 5.69 Å². The Labute approximate surface area is 121 Å². The van der Waals surface area contributed by atoms with Gasteiger partial charge in [-0.15, -0.1) is 0 Å². The zero-order valence-corrected chi connectivity index (χ0v) is 12.5.